The molecule has 0 saturated carbocycles. The van der Waals surface area contributed by atoms with Crippen molar-refractivity contribution >= 4 is 36.3 Å². The molecule has 1 aromatic carbocycles. The highest BCUT2D eigenvalue weighted by Crippen LogP contribution is 2.30. The third-order valence-corrected chi connectivity index (χ3v) is 3.81. The third-order valence-electron chi connectivity index (χ3n) is 3.49. The number of benzene rings is 1. The normalized spacial score (nSPS) is 21.6. The second-order valence-electron chi connectivity index (χ2n) is 4.78. The molecule has 1 N–H and O–H groups in total. The molecule has 2 aliphatic heterocycles. The molecule has 1 atom stereocenters. The first-order valence-electron chi connectivity index (χ1n) is 6.12. The Morgan fingerprint density at radius 3 is 2.38 bits per heavy atom. The number of amides is 4. The van der Waals surface area contributed by atoms with Gasteiger partial charge in [0.1, 0.15) is 11.9 Å². The minimum atomic E-state index is -1.06. The first kappa shape index (κ1) is 13.6. The molecule has 3 rings (SSSR count). The molecule has 0 aliphatic carbocycles. The summed E-state index contributed by atoms with van der Waals surface area (Å²) in [6, 6.07) is 0.961. The lowest BCUT2D eigenvalue weighted by Gasteiger charge is -2.27. The largest absolute Gasteiger partial charge is 0.295 e. The molecule has 6 nitrogen and oxygen atoms in total. The van der Waals surface area contributed by atoms with Crippen LogP contribution in [-0.2, 0) is 9.59 Å². The average Bonchev–Trinajstić information content (AvgIpc) is 2.64. The maximum atomic E-state index is 13.5. The van der Waals surface area contributed by atoms with Crippen molar-refractivity contribution in [2.75, 3.05) is 0 Å². The van der Waals surface area contributed by atoms with Gasteiger partial charge in [0, 0.05) is 6.42 Å². The third kappa shape index (κ3) is 1.99. The van der Waals surface area contributed by atoms with Gasteiger partial charge in [-0.05, 0) is 18.6 Å². The summed E-state index contributed by atoms with van der Waals surface area (Å²) in [5.74, 6) is -3.38. The highest BCUT2D eigenvalue weighted by atomic mass is 32.1. The van der Waals surface area contributed by atoms with Crippen LogP contribution in [0.1, 0.15) is 33.6 Å². The van der Waals surface area contributed by atoms with Gasteiger partial charge in [-0.1, -0.05) is 12.6 Å². The molecule has 4 amide bonds. The topological polar surface area (TPSA) is 83.6 Å². The number of nitrogens with one attached hydrogen (secondary N) is 1. The van der Waals surface area contributed by atoms with Crippen molar-refractivity contribution in [1.82, 2.24) is 10.2 Å². The van der Waals surface area contributed by atoms with Crippen LogP contribution in [0.25, 0.3) is 0 Å². The Morgan fingerprint density at radius 2 is 1.76 bits per heavy atom. The number of halogens is 1. The average molecular weight is 307 g/mol. The molecule has 0 spiro atoms. The van der Waals surface area contributed by atoms with Crippen LogP contribution in [0.5, 0.6) is 0 Å². The van der Waals surface area contributed by atoms with Gasteiger partial charge in [-0.2, -0.15) is 0 Å². The van der Waals surface area contributed by atoms with E-state index in [9.17, 15) is 23.6 Å². The van der Waals surface area contributed by atoms with E-state index in [2.05, 4.69) is 5.32 Å². The highest BCUT2D eigenvalue weighted by Gasteiger charge is 2.44. The van der Waals surface area contributed by atoms with Gasteiger partial charge < -0.3 is 0 Å². The fraction of sp³-hybridized carbons (Fsp3) is 0.231. The van der Waals surface area contributed by atoms with E-state index in [1.54, 1.807) is 0 Å². The van der Waals surface area contributed by atoms with Crippen molar-refractivity contribution in [2.45, 2.75) is 23.8 Å². The molecule has 0 aromatic heterocycles. The molecule has 107 valence electrons. The van der Waals surface area contributed by atoms with Gasteiger partial charge in [-0.15, -0.1) is 0 Å². The van der Waals surface area contributed by atoms with Crippen LogP contribution in [0, 0.1) is 5.82 Å². The number of piperidine rings is 1. The number of hydrogen-bond donors (Lipinski definition) is 1. The summed E-state index contributed by atoms with van der Waals surface area (Å²) in [6.07, 6.45) is 0.0871. The van der Waals surface area contributed by atoms with Crippen LogP contribution in [0.15, 0.2) is 17.0 Å². The monoisotopic (exact) mass is 307 g/mol. The zero-order valence-corrected chi connectivity index (χ0v) is 11.3. The summed E-state index contributed by atoms with van der Waals surface area (Å²) < 4.78 is 13.5. The van der Waals surface area contributed by atoms with Crippen LogP contribution >= 0.6 is 12.6 Å². The molecular weight excluding hydrogens is 299 g/mol. The molecule has 0 bridgehead atoms. The van der Waals surface area contributed by atoms with Gasteiger partial charge in [0.25, 0.3) is 11.8 Å². The Hall–Kier alpha value is -2.35. The minimum absolute atomic E-state index is 0.0175. The van der Waals surface area contributed by atoms with Gasteiger partial charge in [-0.3, -0.25) is 29.4 Å². The van der Waals surface area contributed by atoms with Crippen molar-refractivity contribution in [3.63, 3.8) is 0 Å². The summed E-state index contributed by atoms with van der Waals surface area (Å²) in [7, 11) is 0. The van der Waals surface area contributed by atoms with Crippen LogP contribution < -0.4 is 5.32 Å². The summed E-state index contributed by atoms with van der Waals surface area (Å²) >= 11 is 4.74. The van der Waals surface area contributed by atoms with Crippen molar-refractivity contribution in [2.24, 2.45) is 0 Å². The summed E-state index contributed by atoms with van der Waals surface area (Å²) in [5, 5.41) is 2.08. The second-order valence-corrected chi connectivity index (χ2v) is 5.22. The number of nitrogens with zero attached hydrogens (tertiary/aromatic N) is 1. The summed E-state index contributed by atoms with van der Waals surface area (Å²) in [5.41, 5.74) is -0.132. The molecule has 1 fully saturated rings. The van der Waals surface area contributed by atoms with Crippen LogP contribution in [0.2, 0.25) is 0 Å². The Labute approximate surface area is 123 Å². The minimum Gasteiger partial charge on any atom is -0.295 e. The first-order valence-corrected chi connectivity index (χ1v) is 6.53. The maximum absolute atomic E-state index is 13.5. The van der Waals surface area contributed by atoms with Crippen molar-refractivity contribution in [3.8, 4) is 0 Å². The van der Waals surface area contributed by atoms with E-state index in [-0.39, 0.29) is 28.9 Å². The predicted octanol–water partition coefficient (Wildman–Crippen LogP) is 0.783. The molecule has 8 heteroatoms. The molecule has 1 unspecified atom stereocenters. The van der Waals surface area contributed by atoms with Crippen LogP contribution in [-0.4, -0.2) is 34.6 Å². The zero-order valence-electron chi connectivity index (χ0n) is 10.5. The Balaban J connectivity index is 2.00. The van der Waals surface area contributed by atoms with Gasteiger partial charge in [0.2, 0.25) is 11.8 Å². The van der Waals surface area contributed by atoms with Crippen molar-refractivity contribution < 1.29 is 23.6 Å². The Bertz CT molecular complexity index is 677. The number of rotatable bonds is 1. The Morgan fingerprint density at radius 1 is 1.14 bits per heavy atom. The summed E-state index contributed by atoms with van der Waals surface area (Å²) in [4.78, 5) is 48.0. The van der Waals surface area contributed by atoms with Gasteiger partial charge in [-0.25, -0.2) is 4.39 Å². The van der Waals surface area contributed by atoms with E-state index in [0.29, 0.717) is 0 Å². The highest BCUT2D eigenvalue weighted by molar-refractivity contribution is 7.80. The number of carbonyl (C=O) groups is 4. The van der Waals surface area contributed by atoms with E-state index < -0.39 is 35.5 Å². The first-order chi connectivity index (χ1) is 9.90. The molecule has 2 aliphatic rings. The van der Waals surface area contributed by atoms with Gasteiger partial charge in [0.05, 0.1) is 16.0 Å². The molecule has 1 saturated heterocycles. The van der Waals surface area contributed by atoms with E-state index in [1.165, 1.54) is 0 Å². The molecule has 1 radical (unpaired) electrons. The van der Waals surface area contributed by atoms with Crippen molar-refractivity contribution in [1.29, 1.82) is 0 Å². The number of fused-ring (bicyclic) bond motifs is 1. The smallest absolute Gasteiger partial charge is 0.262 e. The maximum Gasteiger partial charge on any atom is 0.262 e. The van der Waals surface area contributed by atoms with Crippen LogP contribution in [0.4, 0.5) is 4.39 Å². The van der Waals surface area contributed by atoms with E-state index >= 15 is 0 Å². The van der Waals surface area contributed by atoms with E-state index in [4.69, 9.17) is 12.6 Å². The molecular formula is C13H8FN2O4S. The predicted molar refractivity (Wildman–Crippen MR) is 68.9 cm³/mol. The second kappa shape index (κ2) is 4.59. The summed E-state index contributed by atoms with van der Waals surface area (Å²) in [6.45, 7) is 0. The molecule has 1 aromatic rings. The van der Waals surface area contributed by atoms with Gasteiger partial charge in [0.15, 0.2) is 0 Å². The standard InChI is InChI=1S/C13H8FN2O4S/c14-7-3-5-6(4-9(7)21)13(20)16(12(5)19)8-1-2-10(17)15-11(8)18/h3-4,8H,1-2H2,(H,15,17,18). The number of hydrogen-bond acceptors (Lipinski definition) is 4. The lowest BCUT2D eigenvalue weighted by molar-refractivity contribution is -0.136. The number of imide groups is 2. The Kier molecular flexibility index (Phi) is 2.98. The SMILES string of the molecule is O=C1CCC(N2C(=O)c3cc(F)c([S])cc3C2=O)C(=O)N1. The van der Waals surface area contributed by atoms with Crippen LogP contribution in [0.3, 0.4) is 0 Å². The molecule has 2 heterocycles. The van der Waals surface area contributed by atoms with Gasteiger partial charge >= 0.3 is 0 Å². The van der Waals surface area contributed by atoms with E-state index in [1.807, 2.05) is 0 Å². The lowest BCUT2D eigenvalue weighted by Crippen LogP contribution is -2.54. The zero-order chi connectivity index (χ0) is 15.3. The number of carbonyl (C=O) groups excluding carboxylic acids is 4. The fourth-order valence-electron chi connectivity index (χ4n) is 2.47. The molecule has 21 heavy (non-hydrogen) atoms. The quantitative estimate of drug-likeness (QED) is 0.777. The fourth-order valence-corrected chi connectivity index (χ4v) is 2.65. The van der Waals surface area contributed by atoms with E-state index in [0.717, 1.165) is 17.0 Å². The lowest BCUT2D eigenvalue weighted by atomic mass is 10.0. The van der Waals surface area contributed by atoms with Crippen molar-refractivity contribution in [3.05, 3.63) is 29.1 Å².